The molecule has 26 heavy (non-hydrogen) atoms. The van der Waals surface area contributed by atoms with E-state index in [0.29, 0.717) is 11.5 Å². The number of hydrogen-bond donors (Lipinski definition) is 2. The molecule has 0 aliphatic rings. The molecule has 1 atom stereocenters. The fourth-order valence-corrected chi connectivity index (χ4v) is 6.51. The lowest BCUT2D eigenvalue weighted by Crippen LogP contribution is -2.35. The fraction of sp³-hybridized carbons (Fsp3) is 0.895. The minimum atomic E-state index is -0.915. The van der Waals surface area contributed by atoms with E-state index in [1.54, 1.807) is 18.7 Å². The van der Waals surface area contributed by atoms with Crippen molar-refractivity contribution in [1.82, 2.24) is 0 Å². The standard InChI is InChI=1S/C19H36O3S4/c1-3-4-5-6-7-8-9-10-11-12-14-25-18(23)26-19(2,17(21)22)16-24-15-13-20/h20H,3-16H2,1-2H3,(H,21,22). The maximum Gasteiger partial charge on any atom is 0.320 e. The van der Waals surface area contributed by atoms with Crippen LogP contribution in [0.25, 0.3) is 0 Å². The molecule has 0 aliphatic carbocycles. The Morgan fingerprint density at radius 1 is 0.962 bits per heavy atom. The van der Waals surface area contributed by atoms with Crippen molar-refractivity contribution in [3.63, 3.8) is 0 Å². The molecule has 0 heterocycles. The average molecular weight is 441 g/mol. The van der Waals surface area contributed by atoms with E-state index in [4.69, 9.17) is 17.3 Å². The highest BCUT2D eigenvalue weighted by molar-refractivity contribution is 8.47. The first-order valence-corrected chi connectivity index (χ1v) is 13.1. The van der Waals surface area contributed by atoms with E-state index in [-0.39, 0.29) is 6.61 Å². The molecular weight excluding hydrogens is 404 g/mol. The van der Waals surface area contributed by atoms with Crippen molar-refractivity contribution in [3.05, 3.63) is 0 Å². The van der Waals surface area contributed by atoms with Gasteiger partial charge in [0.1, 0.15) is 8.28 Å². The van der Waals surface area contributed by atoms with Gasteiger partial charge >= 0.3 is 5.97 Å². The fourth-order valence-electron chi connectivity index (χ4n) is 2.42. The van der Waals surface area contributed by atoms with Crippen molar-refractivity contribution in [3.8, 4) is 0 Å². The van der Waals surface area contributed by atoms with Crippen molar-refractivity contribution in [2.24, 2.45) is 0 Å². The van der Waals surface area contributed by atoms with Crippen molar-refractivity contribution in [1.29, 1.82) is 0 Å². The summed E-state index contributed by atoms with van der Waals surface area (Å²) in [6.45, 7) is 4.04. The van der Waals surface area contributed by atoms with Crippen LogP contribution >= 0.6 is 47.5 Å². The van der Waals surface area contributed by atoms with Gasteiger partial charge in [-0.1, -0.05) is 88.7 Å². The van der Waals surface area contributed by atoms with Crippen LogP contribution in [0, 0.1) is 0 Å². The summed E-state index contributed by atoms with van der Waals surface area (Å²) in [5, 5.41) is 18.3. The molecule has 154 valence electrons. The average Bonchev–Trinajstić information content (AvgIpc) is 2.59. The van der Waals surface area contributed by atoms with Crippen molar-refractivity contribution in [2.45, 2.75) is 82.8 Å². The van der Waals surface area contributed by atoms with Crippen LogP contribution in [0.1, 0.15) is 78.1 Å². The first-order valence-electron chi connectivity index (χ1n) is 9.74. The Kier molecular flexibility index (Phi) is 18.0. The molecule has 0 aromatic rings. The number of unbranched alkanes of at least 4 members (excludes halogenated alkanes) is 9. The van der Waals surface area contributed by atoms with Crippen LogP contribution in [-0.4, -0.2) is 48.3 Å². The van der Waals surface area contributed by atoms with Gasteiger partial charge in [0.25, 0.3) is 0 Å². The topological polar surface area (TPSA) is 57.5 Å². The van der Waals surface area contributed by atoms with Gasteiger partial charge in [-0.3, -0.25) is 4.79 Å². The zero-order chi connectivity index (χ0) is 19.7. The van der Waals surface area contributed by atoms with Crippen molar-refractivity contribution >= 4 is 57.0 Å². The highest BCUT2D eigenvalue weighted by Gasteiger charge is 2.35. The maximum atomic E-state index is 11.5. The summed E-state index contributed by atoms with van der Waals surface area (Å²) in [6.07, 6.45) is 13.2. The van der Waals surface area contributed by atoms with Gasteiger partial charge in [0.05, 0.1) is 6.61 Å². The van der Waals surface area contributed by atoms with Gasteiger partial charge in [-0.25, -0.2) is 0 Å². The van der Waals surface area contributed by atoms with E-state index in [1.165, 1.54) is 81.3 Å². The number of carbonyl (C=O) groups is 1. The highest BCUT2D eigenvalue weighted by Crippen LogP contribution is 2.34. The minimum absolute atomic E-state index is 0.0724. The smallest absolute Gasteiger partial charge is 0.320 e. The van der Waals surface area contributed by atoms with Crippen LogP contribution in [0.5, 0.6) is 0 Å². The Morgan fingerprint density at radius 3 is 2.00 bits per heavy atom. The third-order valence-corrected chi connectivity index (χ3v) is 8.40. The molecule has 0 saturated heterocycles. The second-order valence-electron chi connectivity index (χ2n) is 6.69. The van der Waals surface area contributed by atoms with Crippen molar-refractivity contribution in [2.75, 3.05) is 23.9 Å². The molecule has 1 unspecified atom stereocenters. The van der Waals surface area contributed by atoms with Crippen LogP contribution in [0.2, 0.25) is 0 Å². The van der Waals surface area contributed by atoms with E-state index >= 15 is 0 Å². The van der Waals surface area contributed by atoms with Crippen LogP contribution in [0.4, 0.5) is 0 Å². The second kappa shape index (κ2) is 17.7. The number of aliphatic hydroxyl groups is 1. The Hall–Kier alpha value is 0.570. The minimum Gasteiger partial charge on any atom is -0.480 e. The van der Waals surface area contributed by atoms with Crippen LogP contribution < -0.4 is 0 Å². The summed E-state index contributed by atoms with van der Waals surface area (Å²) < 4.78 is -0.197. The number of rotatable bonds is 17. The molecule has 0 amide bonds. The Labute approximate surface area is 178 Å². The zero-order valence-electron chi connectivity index (χ0n) is 16.3. The lowest BCUT2D eigenvalue weighted by molar-refractivity contribution is -0.138. The molecule has 2 N–H and O–H groups in total. The number of carboxylic acids is 1. The van der Waals surface area contributed by atoms with E-state index in [9.17, 15) is 9.90 Å². The second-order valence-corrected chi connectivity index (χ2v) is 11.6. The van der Waals surface area contributed by atoms with Gasteiger partial charge in [-0.2, -0.15) is 11.8 Å². The molecule has 0 spiro atoms. The summed E-state index contributed by atoms with van der Waals surface area (Å²) in [4.78, 5) is 11.5. The summed E-state index contributed by atoms with van der Waals surface area (Å²) in [7, 11) is 0. The number of carboxylic acid groups (broad SMARTS) is 1. The number of thiocarbonyl (C=S) groups is 1. The molecule has 0 saturated carbocycles. The third kappa shape index (κ3) is 14.6. The van der Waals surface area contributed by atoms with Gasteiger partial charge in [-0.15, -0.1) is 11.8 Å². The monoisotopic (exact) mass is 440 g/mol. The maximum absolute atomic E-state index is 11.5. The first-order chi connectivity index (χ1) is 12.5. The van der Waals surface area contributed by atoms with Gasteiger partial charge in [0.15, 0.2) is 0 Å². The zero-order valence-corrected chi connectivity index (χ0v) is 19.6. The predicted octanol–water partition coefficient (Wildman–Crippen LogP) is 6.23. The number of hydrogen-bond acceptors (Lipinski definition) is 6. The molecule has 0 bridgehead atoms. The van der Waals surface area contributed by atoms with Gasteiger partial charge in [0.2, 0.25) is 0 Å². The largest absolute Gasteiger partial charge is 0.480 e. The van der Waals surface area contributed by atoms with Gasteiger partial charge in [0, 0.05) is 11.5 Å². The van der Waals surface area contributed by atoms with Gasteiger partial charge in [-0.05, 0) is 19.1 Å². The summed E-state index contributed by atoms with van der Waals surface area (Å²) in [6, 6.07) is 0. The SMILES string of the molecule is CCCCCCCCCCCCSC(=S)SC(C)(CSCCO)C(=O)O. The van der Waals surface area contributed by atoms with Crippen LogP contribution in [0.15, 0.2) is 0 Å². The molecule has 0 aliphatic heterocycles. The molecule has 0 radical (unpaired) electrons. The third-order valence-electron chi connectivity index (χ3n) is 4.09. The normalized spacial score (nSPS) is 13.5. The summed E-state index contributed by atoms with van der Waals surface area (Å²) >= 11 is 9.72. The Balaban J connectivity index is 3.72. The molecular formula is C19H36O3S4. The van der Waals surface area contributed by atoms with E-state index < -0.39 is 10.7 Å². The number of aliphatic hydroxyl groups excluding tert-OH is 1. The predicted molar refractivity (Wildman–Crippen MR) is 125 cm³/mol. The van der Waals surface area contributed by atoms with E-state index in [1.807, 2.05) is 0 Å². The highest BCUT2D eigenvalue weighted by atomic mass is 32.2. The van der Waals surface area contributed by atoms with Crippen molar-refractivity contribution < 1.29 is 15.0 Å². The molecule has 3 nitrogen and oxygen atoms in total. The first kappa shape index (κ1) is 26.6. The summed E-state index contributed by atoms with van der Waals surface area (Å²) in [5.41, 5.74) is 0. The summed E-state index contributed by atoms with van der Waals surface area (Å²) in [5.74, 6) is 1.14. The Bertz CT molecular complexity index is 380. The number of thioether (sulfide) groups is 3. The number of aliphatic carboxylic acids is 1. The lowest BCUT2D eigenvalue weighted by atomic mass is 10.1. The van der Waals surface area contributed by atoms with E-state index in [2.05, 4.69) is 6.92 Å². The molecule has 0 aromatic heterocycles. The molecule has 0 aromatic carbocycles. The van der Waals surface area contributed by atoms with Crippen LogP contribution in [0.3, 0.4) is 0 Å². The van der Waals surface area contributed by atoms with Crippen LogP contribution in [-0.2, 0) is 4.79 Å². The molecule has 0 fully saturated rings. The van der Waals surface area contributed by atoms with Gasteiger partial charge < -0.3 is 10.2 Å². The molecule has 0 rings (SSSR count). The molecule has 7 heteroatoms. The quantitative estimate of drug-likeness (QED) is 0.205. The Morgan fingerprint density at radius 2 is 1.50 bits per heavy atom. The van der Waals surface area contributed by atoms with E-state index in [0.717, 1.165) is 15.7 Å². The lowest BCUT2D eigenvalue weighted by Gasteiger charge is -2.23.